The van der Waals surface area contributed by atoms with E-state index >= 15 is 0 Å². The van der Waals surface area contributed by atoms with E-state index in [1.807, 2.05) is 0 Å². The number of halogens is 2. The molecule has 22 heavy (non-hydrogen) atoms. The minimum absolute atomic E-state index is 0.0508. The molecule has 0 aromatic carbocycles. The molecule has 3 rings (SSSR count). The molecule has 1 spiro atoms. The molecule has 8 heteroatoms. The van der Waals surface area contributed by atoms with Crippen molar-refractivity contribution < 1.29 is 19.1 Å². The van der Waals surface area contributed by atoms with E-state index in [9.17, 15) is 14.4 Å². The highest BCUT2D eigenvalue weighted by Crippen LogP contribution is 2.51. The lowest BCUT2D eigenvalue weighted by molar-refractivity contribution is -0.152. The molecule has 2 unspecified atom stereocenters. The molecule has 1 aromatic heterocycles. The van der Waals surface area contributed by atoms with Crippen LogP contribution in [0.25, 0.3) is 0 Å². The third-order valence-electron chi connectivity index (χ3n) is 4.34. The molecule has 1 fully saturated rings. The minimum Gasteiger partial charge on any atom is -0.468 e. The normalized spacial score (nSPS) is 26.8. The van der Waals surface area contributed by atoms with Crippen molar-refractivity contribution in [2.24, 2.45) is 5.92 Å². The largest absolute Gasteiger partial charge is 0.468 e. The van der Waals surface area contributed by atoms with Gasteiger partial charge in [0, 0.05) is 18.2 Å². The number of ether oxygens (including phenoxy) is 1. The van der Waals surface area contributed by atoms with E-state index in [2.05, 4.69) is 26.2 Å². The van der Waals surface area contributed by atoms with Gasteiger partial charge < -0.3 is 10.1 Å². The Hall–Kier alpha value is -1.47. The summed E-state index contributed by atoms with van der Waals surface area (Å²) in [4.78, 5) is 40.6. The molecule has 0 radical (unpaired) electrons. The summed E-state index contributed by atoms with van der Waals surface area (Å²) < 4.78 is 5.26. The zero-order valence-corrected chi connectivity index (χ0v) is 14.0. The van der Waals surface area contributed by atoms with Crippen molar-refractivity contribution in [3.05, 3.63) is 21.3 Å². The lowest BCUT2D eigenvalue weighted by atomic mass is 9.66. The first kappa shape index (κ1) is 15.4. The maximum atomic E-state index is 12.5. The second-order valence-electron chi connectivity index (χ2n) is 5.43. The third kappa shape index (κ3) is 2.06. The topological polar surface area (TPSA) is 85.4 Å². The Kier molecular flexibility index (Phi) is 3.72. The van der Waals surface area contributed by atoms with E-state index in [0.29, 0.717) is 27.3 Å². The summed E-state index contributed by atoms with van der Waals surface area (Å²) in [5.74, 6) is -1.68. The zero-order valence-electron chi connectivity index (χ0n) is 11.6. The Labute approximate surface area is 139 Å². The molecule has 2 aliphatic rings. The highest BCUT2D eigenvalue weighted by atomic mass is 79.9. The van der Waals surface area contributed by atoms with E-state index < -0.39 is 17.3 Å². The standard InChI is InChI=1S/C14H12BrClN2O4/c1-22-12(20)6-4-14(3-2-8(6)19)9-10(16)7(15)5-17-11(9)18-13(14)21/h5-6H,2-4H2,1H3,(H,17,18,21). The average Bonchev–Trinajstić information content (AvgIpc) is 2.78. The maximum absolute atomic E-state index is 12.5. The molecule has 0 saturated heterocycles. The highest BCUT2D eigenvalue weighted by Gasteiger charge is 2.55. The fraction of sp³-hybridized carbons (Fsp3) is 0.429. The van der Waals surface area contributed by atoms with Crippen LogP contribution in [0.15, 0.2) is 10.7 Å². The number of carbonyl (C=O) groups excluding carboxylic acids is 3. The van der Waals surface area contributed by atoms with Gasteiger partial charge in [0.15, 0.2) is 0 Å². The Bertz CT molecular complexity index is 700. The Morgan fingerprint density at radius 2 is 2.27 bits per heavy atom. The number of hydrogen-bond donors (Lipinski definition) is 1. The number of pyridine rings is 1. The maximum Gasteiger partial charge on any atom is 0.316 e. The summed E-state index contributed by atoms with van der Waals surface area (Å²) in [5, 5.41) is 3.08. The van der Waals surface area contributed by atoms with Gasteiger partial charge in [-0.2, -0.15) is 0 Å². The van der Waals surface area contributed by atoms with Crippen molar-refractivity contribution in [3.63, 3.8) is 0 Å². The Morgan fingerprint density at radius 1 is 1.55 bits per heavy atom. The van der Waals surface area contributed by atoms with E-state index in [4.69, 9.17) is 16.3 Å². The molecule has 1 aliphatic heterocycles. The lowest BCUT2D eigenvalue weighted by Gasteiger charge is -2.34. The van der Waals surface area contributed by atoms with Gasteiger partial charge >= 0.3 is 5.97 Å². The van der Waals surface area contributed by atoms with Gasteiger partial charge in [-0.15, -0.1) is 0 Å². The molecular weight excluding hydrogens is 376 g/mol. The van der Waals surface area contributed by atoms with Crippen molar-refractivity contribution in [2.45, 2.75) is 24.7 Å². The third-order valence-corrected chi connectivity index (χ3v) is 5.57. The predicted molar refractivity (Wildman–Crippen MR) is 81.6 cm³/mol. The van der Waals surface area contributed by atoms with Gasteiger partial charge in [-0.1, -0.05) is 11.6 Å². The first-order valence-corrected chi connectivity index (χ1v) is 7.84. The van der Waals surface area contributed by atoms with Gasteiger partial charge in [0.25, 0.3) is 0 Å². The predicted octanol–water partition coefficient (Wildman–Crippen LogP) is 2.23. The number of nitrogens with zero attached hydrogens (tertiary/aromatic N) is 1. The first-order valence-electron chi connectivity index (χ1n) is 6.67. The molecule has 2 heterocycles. The Balaban J connectivity index is 2.11. The SMILES string of the molecule is COC(=O)C1CC2(CCC1=O)C(=O)Nc1ncc(Br)c(Cl)c12. The summed E-state index contributed by atoms with van der Waals surface area (Å²) in [5.41, 5.74) is -0.467. The van der Waals surface area contributed by atoms with Crippen LogP contribution in [-0.2, 0) is 24.5 Å². The second kappa shape index (κ2) is 5.31. The van der Waals surface area contributed by atoms with Crippen LogP contribution >= 0.6 is 27.5 Å². The van der Waals surface area contributed by atoms with Gasteiger partial charge in [-0.25, -0.2) is 4.98 Å². The number of ketones is 1. The number of Topliss-reactive ketones (excluding diaryl/α,β-unsaturated/α-hetero) is 1. The van der Waals surface area contributed by atoms with Gasteiger partial charge in [0.2, 0.25) is 5.91 Å². The number of hydrogen-bond acceptors (Lipinski definition) is 5. The molecule has 1 aromatic rings. The van der Waals surface area contributed by atoms with Crippen molar-refractivity contribution in [2.75, 3.05) is 12.4 Å². The van der Waals surface area contributed by atoms with Gasteiger partial charge in [-0.05, 0) is 28.8 Å². The number of nitrogens with one attached hydrogen (secondary N) is 1. The average molecular weight is 388 g/mol. The monoisotopic (exact) mass is 386 g/mol. The molecule has 1 amide bonds. The molecular formula is C14H12BrClN2O4. The summed E-state index contributed by atoms with van der Waals surface area (Å²) >= 11 is 9.64. The van der Waals surface area contributed by atoms with Crippen LogP contribution in [-0.4, -0.2) is 29.8 Å². The molecule has 6 nitrogen and oxygen atoms in total. The number of amides is 1. The van der Waals surface area contributed by atoms with E-state index in [1.54, 1.807) is 0 Å². The number of carbonyl (C=O) groups is 3. The summed E-state index contributed by atoms with van der Waals surface area (Å²) in [6, 6.07) is 0. The fourth-order valence-corrected chi connectivity index (χ4v) is 3.82. The van der Waals surface area contributed by atoms with Crippen molar-refractivity contribution in [3.8, 4) is 0 Å². The molecule has 2 atom stereocenters. The number of anilines is 1. The molecule has 1 saturated carbocycles. The van der Waals surface area contributed by atoms with Crippen LogP contribution in [0.3, 0.4) is 0 Å². The number of fused-ring (bicyclic) bond motifs is 2. The van der Waals surface area contributed by atoms with Gasteiger partial charge in [-0.3, -0.25) is 14.4 Å². The zero-order chi connectivity index (χ0) is 16.1. The lowest BCUT2D eigenvalue weighted by Crippen LogP contribution is -2.45. The summed E-state index contributed by atoms with van der Waals surface area (Å²) in [7, 11) is 1.23. The quantitative estimate of drug-likeness (QED) is 0.590. The fourth-order valence-electron chi connectivity index (χ4n) is 3.20. The van der Waals surface area contributed by atoms with Crippen molar-refractivity contribution >= 4 is 51.0 Å². The molecule has 1 aliphatic carbocycles. The van der Waals surface area contributed by atoms with Crippen LogP contribution in [0.4, 0.5) is 5.82 Å². The Morgan fingerprint density at radius 3 is 2.95 bits per heavy atom. The minimum atomic E-state index is -1.02. The van der Waals surface area contributed by atoms with Crippen LogP contribution in [0.2, 0.25) is 5.02 Å². The number of rotatable bonds is 1. The molecule has 0 bridgehead atoms. The summed E-state index contributed by atoms with van der Waals surface area (Å²) in [6.45, 7) is 0. The summed E-state index contributed by atoms with van der Waals surface area (Å²) in [6.07, 6.45) is 1.98. The van der Waals surface area contributed by atoms with Crippen LogP contribution < -0.4 is 5.32 Å². The number of methoxy groups -OCH3 is 1. The second-order valence-corrected chi connectivity index (χ2v) is 6.66. The van der Waals surface area contributed by atoms with Gasteiger partial charge in [0.05, 0.1) is 22.0 Å². The van der Waals surface area contributed by atoms with Crippen molar-refractivity contribution in [1.29, 1.82) is 0 Å². The van der Waals surface area contributed by atoms with E-state index in [1.165, 1.54) is 13.3 Å². The van der Waals surface area contributed by atoms with Crippen LogP contribution in [0, 0.1) is 5.92 Å². The van der Waals surface area contributed by atoms with Crippen LogP contribution in [0.1, 0.15) is 24.8 Å². The van der Waals surface area contributed by atoms with E-state index in [0.717, 1.165) is 0 Å². The highest BCUT2D eigenvalue weighted by molar-refractivity contribution is 9.10. The molecule has 116 valence electrons. The van der Waals surface area contributed by atoms with Crippen molar-refractivity contribution in [1.82, 2.24) is 4.98 Å². The van der Waals surface area contributed by atoms with Crippen LogP contribution in [0.5, 0.6) is 0 Å². The molecule has 1 N–H and O–H groups in total. The first-order chi connectivity index (χ1) is 10.4. The smallest absolute Gasteiger partial charge is 0.316 e. The number of aromatic nitrogens is 1. The van der Waals surface area contributed by atoms with E-state index in [-0.39, 0.29) is 24.5 Å². The number of esters is 1. The van der Waals surface area contributed by atoms with Gasteiger partial charge in [0.1, 0.15) is 17.5 Å².